The van der Waals surface area contributed by atoms with E-state index in [1.807, 2.05) is 0 Å². The molecule has 1 aromatic rings. The summed E-state index contributed by atoms with van der Waals surface area (Å²) in [6.45, 7) is 3.17. The molecule has 0 aliphatic rings. The molecule has 7 nitrogen and oxygen atoms in total. The summed E-state index contributed by atoms with van der Waals surface area (Å²) in [5, 5.41) is 11.0. The van der Waals surface area contributed by atoms with E-state index in [4.69, 9.17) is 5.11 Å². The molecule has 0 atom stereocenters. The van der Waals surface area contributed by atoms with Crippen LogP contribution < -0.4 is 5.32 Å². The monoisotopic (exact) mass is 236 g/mol. The van der Waals surface area contributed by atoms with Crippen LogP contribution in [0, 0.1) is 0 Å². The smallest absolute Gasteiger partial charge is 0.325 e. The summed E-state index contributed by atoms with van der Waals surface area (Å²) in [6, 6.07) is 1.02. The fraction of sp³-hybridized carbons (Fsp3) is 0.200. The first kappa shape index (κ1) is 12.6. The molecule has 1 rings (SSSR count). The molecule has 0 bridgehead atoms. The van der Waals surface area contributed by atoms with Crippen LogP contribution in [0.25, 0.3) is 0 Å². The second-order valence-corrected chi connectivity index (χ2v) is 3.07. The van der Waals surface area contributed by atoms with Gasteiger partial charge in [-0.1, -0.05) is 6.08 Å². The highest BCUT2D eigenvalue weighted by Gasteiger charge is 2.15. The summed E-state index contributed by atoms with van der Waals surface area (Å²) in [4.78, 5) is 30.9. The second-order valence-electron chi connectivity index (χ2n) is 3.07. The van der Waals surface area contributed by atoms with E-state index in [9.17, 15) is 9.59 Å². The Labute approximate surface area is 97.8 Å². The Kier molecular flexibility index (Phi) is 4.61. The van der Waals surface area contributed by atoms with Crippen LogP contribution in [0.1, 0.15) is 0 Å². The Morgan fingerprint density at radius 2 is 2.12 bits per heavy atom. The molecule has 2 N–H and O–H groups in total. The van der Waals surface area contributed by atoms with E-state index in [2.05, 4.69) is 21.9 Å². The zero-order valence-electron chi connectivity index (χ0n) is 9.04. The van der Waals surface area contributed by atoms with Crippen molar-refractivity contribution in [1.29, 1.82) is 0 Å². The Morgan fingerprint density at radius 1 is 1.47 bits per heavy atom. The number of hydrogen-bond donors (Lipinski definition) is 2. The topological polar surface area (TPSA) is 95.4 Å². The van der Waals surface area contributed by atoms with E-state index in [1.165, 1.54) is 18.5 Å². The van der Waals surface area contributed by atoms with Crippen molar-refractivity contribution in [3.8, 4) is 0 Å². The van der Waals surface area contributed by atoms with Crippen molar-refractivity contribution in [3.63, 3.8) is 0 Å². The number of rotatable bonds is 5. The fourth-order valence-electron chi connectivity index (χ4n) is 1.08. The minimum Gasteiger partial charge on any atom is -0.480 e. The highest BCUT2D eigenvalue weighted by Crippen LogP contribution is 1.98. The van der Waals surface area contributed by atoms with Gasteiger partial charge in [0.1, 0.15) is 6.54 Å². The SMILES string of the molecule is C=CCN(CC(=O)O)C(=O)Nc1ncccn1. The van der Waals surface area contributed by atoms with Crippen molar-refractivity contribution in [3.05, 3.63) is 31.1 Å². The molecule has 0 aliphatic carbocycles. The molecule has 90 valence electrons. The molecule has 0 spiro atoms. The number of aliphatic carboxylic acids is 1. The third kappa shape index (κ3) is 4.29. The number of aromatic nitrogens is 2. The van der Waals surface area contributed by atoms with E-state index < -0.39 is 18.5 Å². The van der Waals surface area contributed by atoms with Gasteiger partial charge in [-0.05, 0) is 6.07 Å². The van der Waals surface area contributed by atoms with Gasteiger partial charge in [0.05, 0.1) is 0 Å². The molecule has 1 aromatic heterocycles. The summed E-state index contributed by atoms with van der Waals surface area (Å²) < 4.78 is 0. The summed E-state index contributed by atoms with van der Waals surface area (Å²) in [7, 11) is 0. The predicted molar refractivity (Wildman–Crippen MR) is 60.5 cm³/mol. The summed E-state index contributed by atoms with van der Waals surface area (Å²) in [5.74, 6) is -0.979. The number of carbonyl (C=O) groups is 2. The third-order valence-electron chi connectivity index (χ3n) is 1.75. The first-order valence-electron chi connectivity index (χ1n) is 4.79. The standard InChI is InChI=1S/C10H12N4O3/c1-2-6-14(7-8(15)16)10(17)13-9-11-4-3-5-12-9/h2-5H,1,6-7H2,(H,15,16)(H,11,12,13,17). The lowest BCUT2D eigenvalue weighted by Gasteiger charge is -2.18. The van der Waals surface area contributed by atoms with Gasteiger partial charge in [-0.2, -0.15) is 0 Å². The number of nitrogens with one attached hydrogen (secondary N) is 1. The fourth-order valence-corrected chi connectivity index (χ4v) is 1.08. The Hall–Kier alpha value is -2.44. The molecule has 0 fully saturated rings. The van der Waals surface area contributed by atoms with Gasteiger partial charge in [0.25, 0.3) is 0 Å². The van der Waals surface area contributed by atoms with Gasteiger partial charge >= 0.3 is 12.0 Å². The molecule has 0 saturated heterocycles. The maximum absolute atomic E-state index is 11.7. The van der Waals surface area contributed by atoms with Crippen molar-refractivity contribution in [2.24, 2.45) is 0 Å². The highest BCUT2D eigenvalue weighted by molar-refractivity contribution is 5.89. The van der Waals surface area contributed by atoms with E-state index in [0.717, 1.165) is 4.90 Å². The van der Waals surface area contributed by atoms with Crippen molar-refractivity contribution in [1.82, 2.24) is 14.9 Å². The summed E-state index contributed by atoms with van der Waals surface area (Å²) in [6.07, 6.45) is 4.38. The number of carbonyl (C=O) groups excluding carboxylic acids is 1. The van der Waals surface area contributed by atoms with Gasteiger partial charge < -0.3 is 10.0 Å². The highest BCUT2D eigenvalue weighted by atomic mass is 16.4. The van der Waals surface area contributed by atoms with Crippen molar-refractivity contribution in [2.45, 2.75) is 0 Å². The van der Waals surface area contributed by atoms with Gasteiger partial charge in [-0.15, -0.1) is 6.58 Å². The second kappa shape index (κ2) is 6.21. The number of anilines is 1. The van der Waals surface area contributed by atoms with Gasteiger partial charge in [0, 0.05) is 18.9 Å². The molecule has 7 heteroatoms. The Balaban J connectivity index is 2.65. The molecular weight excluding hydrogens is 224 g/mol. The van der Waals surface area contributed by atoms with Gasteiger partial charge in [0.2, 0.25) is 5.95 Å². The van der Waals surface area contributed by atoms with Crippen LogP contribution >= 0.6 is 0 Å². The number of carboxylic acid groups (broad SMARTS) is 1. The largest absolute Gasteiger partial charge is 0.480 e. The van der Waals surface area contributed by atoms with Crippen LogP contribution in [0.5, 0.6) is 0 Å². The molecule has 0 aromatic carbocycles. The molecule has 17 heavy (non-hydrogen) atoms. The lowest BCUT2D eigenvalue weighted by Crippen LogP contribution is -2.39. The minimum absolute atomic E-state index is 0.122. The number of hydrogen-bond acceptors (Lipinski definition) is 4. The maximum Gasteiger partial charge on any atom is 0.325 e. The Morgan fingerprint density at radius 3 is 2.65 bits per heavy atom. The van der Waals surface area contributed by atoms with Gasteiger partial charge in [-0.3, -0.25) is 10.1 Å². The average molecular weight is 236 g/mol. The molecule has 0 radical (unpaired) electrons. The molecule has 0 unspecified atom stereocenters. The van der Waals surface area contributed by atoms with Crippen LogP contribution in [0.2, 0.25) is 0 Å². The lowest BCUT2D eigenvalue weighted by atomic mass is 10.5. The quantitative estimate of drug-likeness (QED) is 0.729. The average Bonchev–Trinajstić information content (AvgIpc) is 2.29. The van der Waals surface area contributed by atoms with Crippen LogP contribution in [-0.2, 0) is 4.79 Å². The van der Waals surface area contributed by atoms with Crippen molar-refractivity contribution in [2.75, 3.05) is 18.4 Å². The maximum atomic E-state index is 11.7. The molecule has 0 aliphatic heterocycles. The zero-order valence-corrected chi connectivity index (χ0v) is 9.04. The number of amides is 2. The number of carboxylic acids is 1. The van der Waals surface area contributed by atoms with Crippen LogP contribution in [0.15, 0.2) is 31.1 Å². The van der Waals surface area contributed by atoms with E-state index in [1.54, 1.807) is 6.07 Å². The zero-order chi connectivity index (χ0) is 12.7. The molecular formula is C10H12N4O3. The molecule has 0 saturated carbocycles. The molecule has 2 amide bonds. The van der Waals surface area contributed by atoms with E-state index >= 15 is 0 Å². The Bertz CT molecular complexity index is 407. The number of nitrogens with zero attached hydrogens (tertiary/aromatic N) is 3. The minimum atomic E-state index is -1.10. The van der Waals surface area contributed by atoms with Gasteiger partial charge in [-0.25, -0.2) is 14.8 Å². The van der Waals surface area contributed by atoms with Crippen LogP contribution in [0.4, 0.5) is 10.7 Å². The normalized spacial score (nSPS) is 9.41. The van der Waals surface area contributed by atoms with E-state index in [0.29, 0.717) is 0 Å². The first-order chi connectivity index (χ1) is 8.13. The molecule has 1 heterocycles. The van der Waals surface area contributed by atoms with E-state index in [-0.39, 0.29) is 12.5 Å². The van der Waals surface area contributed by atoms with Gasteiger partial charge in [0.15, 0.2) is 0 Å². The van der Waals surface area contributed by atoms with Crippen LogP contribution in [0.3, 0.4) is 0 Å². The summed E-state index contributed by atoms with van der Waals surface area (Å²) in [5.41, 5.74) is 0. The van der Waals surface area contributed by atoms with Crippen molar-refractivity contribution >= 4 is 17.9 Å². The predicted octanol–water partition coefficient (Wildman–Crippen LogP) is 0.581. The first-order valence-corrected chi connectivity index (χ1v) is 4.79. The van der Waals surface area contributed by atoms with Crippen molar-refractivity contribution < 1.29 is 14.7 Å². The van der Waals surface area contributed by atoms with Crippen LogP contribution in [-0.4, -0.2) is 45.1 Å². The summed E-state index contributed by atoms with van der Waals surface area (Å²) >= 11 is 0. The lowest BCUT2D eigenvalue weighted by molar-refractivity contribution is -0.137. The number of urea groups is 1. The third-order valence-corrected chi connectivity index (χ3v) is 1.75.